The average molecular weight is 192 g/mol. The summed E-state index contributed by atoms with van der Waals surface area (Å²) in [6.07, 6.45) is 5.88. The number of para-hydroxylation sites is 1. The van der Waals surface area contributed by atoms with Crippen LogP contribution in [0.1, 0.15) is 19.3 Å². The van der Waals surface area contributed by atoms with E-state index in [0.717, 1.165) is 4.90 Å². The van der Waals surface area contributed by atoms with Gasteiger partial charge in [0.25, 0.3) is 0 Å². The van der Waals surface area contributed by atoms with Crippen molar-refractivity contribution in [3.63, 3.8) is 0 Å². The summed E-state index contributed by atoms with van der Waals surface area (Å²) in [6, 6.07) is 7.50. The van der Waals surface area contributed by atoms with E-state index in [4.69, 9.17) is 0 Å². The Bertz CT molecular complexity index is 331. The van der Waals surface area contributed by atoms with Crippen LogP contribution in [0.4, 0.5) is 0 Å². The third-order valence-electron chi connectivity index (χ3n) is 2.11. The smallest absolute Gasteiger partial charge is 0.129 e. The molecule has 0 bridgehead atoms. The van der Waals surface area contributed by atoms with Crippen LogP contribution >= 0.6 is 11.8 Å². The molecular formula is C11H12OS. The number of phenols is 1. The second-order valence-corrected chi connectivity index (χ2v) is 4.30. The van der Waals surface area contributed by atoms with Gasteiger partial charge in [0.15, 0.2) is 0 Å². The summed E-state index contributed by atoms with van der Waals surface area (Å²) < 4.78 is 0. The Balaban J connectivity index is 2.13. The van der Waals surface area contributed by atoms with E-state index < -0.39 is 0 Å². The van der Waals surface area contributed by atoms with Gasteiger partial charge in [-0.2, -0.15) is 0 Å². The highest BCUT2D eigenvalue weighted by Crippen LogP contribution is 2.38. The fourth-order valence-corrected chi connectivity index (χ4v) is 2.47. The summed E-state index contributed by atoms with van der Waals surface area (Å²) in [5.74, 6) is 0.389. The van der Waals surface area contributed by atoms with E-state index in [1.807, 2.05) is 18.2 Å². The van der Waals surface area contributed by atoms with Crippen LogP contribution in [0.25, 0.3) is 0 Å². The molecule has 1 aliphatic carbocycles. The lowest BCUT2D eigenvalue weighted by molar-refractivity contribution is 0.462. The third kappa shape index (κ3) is 2.07. The molecule has 0 aromatic heterocycles. The molecule has 0 aliphatic heterocycles. The molecule has 0 saturated carbocycles. The lowest BCUT2D eigenvalue weighted by atomic mass is 10.3. The first-order valence-electron chi connectivity index (χ1n) is 4.51. The number of hydrogen-bond acceptors (Lipinski definition) is 2. The second kappa shape index (κ2) is 3.88. The van der Waals surface area contributed by atoms with Gasteiger partial charge in [-0.1, -0.05) is 30.0 Å². The minimum Gasteiger partial charge on any atom is -0.507 e. The largest absolute Gasteiger partial charge is 0.507 e. The molecule has 0 amide bonds. The van der Waals surface area contributed by atoms with Crippen molar-refractivity contribution in [2.45, 2.75) is 24.2 Å². The Morgan fingerprint density at radius 2 is 2.08 bits per heavy atom. The van der Waals surface area contributed by atoms with Gasteiger partial charge >= 0.3 is 0 Å². The minimum atomic E-state index is 0.389. The fourth-order valence-electron chi connectivity index (χ4n) is 1.42. The van der Waals surface area contributed by atoms with Gasteiger partial charge in [0.2, 0.25) is 0 Å². The van der Waals surface area contributed by atoms with E-state index >= 15 is 0 Å². The molecule has 1 N–H and O–H groups in total. The van der Waals surface area contributed by atoms with Gasteiger partial charge < -0.3 is 5.11 Å². The van der Waals surface area contributed by atoms with Crippen LogP contribution in [0.3, 0.4) is 0 Å². The van der Waals surface area contributed by atoms with Crippen molar-refractivity contribution in [1.29, 1.82) is 0 Å². The molecule has 0 unspecified atom stereocenters. The van der Waals surface area contributed by atoms with Gasteiger partial charge in [-0.25, -0.2) is 0 Å². The lowest BCUT2D eigenvalue weighted by Crippen LogP contribution is -1.74. The Morgan fingerprint density at radius 1 is 1.23 bits per heavy atom. The van der Waals surface area contributed by atoms with Crippen molar-refractivity contribution >= 4 is 11.8 Å². The third-order valence-corrected chi connectivity index (χ3v) is 3.30. The zero-order valence-electron chi connectivity index (χ0n) is 7.36. The first kappa shape index (κ1) is 8.70. The molecular weight excluding hydrogens is 180 g/mol. The van der Waals surface area contributed by atoms with Gasteiger partial charge in [0, 0.05) is 0 Å². The standard InChI is InChI=1S/C11H12OS/c12-10-7-3-4-8-11(10)13-9-5-1-2-6-9/h3-5,7-8,12H,1-2,6H2. The summed E-state index contributed by atoms with van der Waals surface area (Å²) >= 11 is 1.69. The number of allylic oxidation sites excluding steroid dienone is 2. The number of phenolic OH excluding ortho intramolecular Hbond substituents is 1. The van der Waals surface area contributed by atoms with Gasteiger partial charge in [0.1, 0.15) is 5.75 Å². The normalized spacial score (nSPS) is 15.8. The molecule has 68 valence electrons. The van der Waals surface area contributed by atoms with Crippen LogP contribution in [-0.2, 0) is 0 Å². The molecule has 1 aromatic carbocycles. The van der Waals surface area contributed by atoms with E-state index in [0.29, 0.717) is 5.75 Å². The summed E-state index contributed by atoms with van der Waals surface area (Å²) in [5.41, 5.74) is 0. The number of benzene rings is 1. The van der Waals surface area contributed by atoms with Crippen LogP contribution in [0, 0.1) is 0 Å². The average Bonchev–Trinajstić information content (AvgIpc) is 2.61. The van der Waals surface area contributed by atoms with Gasteiger partial charge in [-0.3, -0.25) is 0 Å². The molecule has 2 heteroatoms. The van der Waals surface area contributed by atoms with E-state index in [1.165, 1.54) is 24.2 Å². The predicted molar refractivity (Wildman–Crippen MR) is 55.9 cm³/mol. The highest BCUT2D eigenvalue weighted by molar-refractivity contribution is 8.03. The van der Waals surface area contributed by atoms with Crippen molar-refractivity contribution in [3.05, 3.63) is 35.2 Å². The Kier molecular flexibility index (Phi) is 2.60. The SMILES string of the molecule is Oc1ccccc1SC1=CCCC1. The maximum Gasteiger partial charge on any atom is 0.129 e. The molecule has 1 nitrogen and oxygen atoms in total. The quantitative estimate of drug-likeness (QED) is 0.773. The van der Waals surface area contributed by atoms with Crippen LogP contribution in [0.15, 0.2) is 40.1 Å². The molecule has 0 heterocycles. The number of rotatable bonds is 2. The minimum absolute atomic E-state index is 0.389. The Morgan fingerprint density at radius 3 is 2.77 bits per heavy atom. The summed E-state index contributed by atoms with van der Waals surface area (Å²) in [7, 11) is 0. The van der Waals surface area contributed by atoms with E-state index in [9.17, 15) is 5.11 Å². The van der Waals surface area contributed by atoms with Crippen molar-refractivity contribution in [2.75, 3.05) is 0 Å². The molecule has 1 aliphatic rings. The molecule has 13 heavy (non-hydrogen) atoms. The lowest BCUT2D eigenvalue weighted by Gasteiger charge is -2.03. The van der Waals surface area contributed by atoms with Crippen LogP contribution in [0.5, 0.6) is 5.75 Å². The van der Waals surface area contributed by atoms with Crippen LogP contribution in [-0.4, -0.2) is 5.11 Å². The molecule has 0 atom stereocenters. The maximum absolute atomic E-state index is 9.52. The Hall–Kier alpha value is -0.890. The topological polar surface area (TPSA) is 20.2 Å². The number of aromatic hydroxyl groups is 1. The first-order valence-corrected chi connectivity index (χ1v) is 5.33. The van der Waals surface area contributed by atoms with E-state index in [-0.39, 0.29) is 0 Å². The zero-order valence-corrected chi connectivity index (χ0v) is 8.18. The molecule has 2 rings (SSSR count). The van der Waals surface area contributed by atoms with Crippen molar-refractivity contribution in [2.24, 2.45) is 0 Å². The van der Waals surface area contributed by atoms with Gasteiger partial charge in [-0.05, 0) is 36.3 Å². The number of thioether (sulfide) groups is 1. The molecule has 0 radical (unpaired) electrons. The summed E-state index contributed by atoms with van der Waals surface area (Å²) in [5, 5.41) is 9.52. The monoisotopic (exact) mass is 192 g/mol. The zero-order chi connectivity index (χ0) is 9.10. The predicted octanol–water partition coefficient (Wildman–Crippen LogP) is 3.55. The van der Waals surface area contributed by atoms with Gasteiger partial charge in [0.05, 0.1) is 4.90 Å². The highest BCUT2D eigenvalue weighted by Gasteiger charge is 2.08. The van der Waals surface area contributed by atoms with E-state index in [1.54, 1.807) is 17.8 Å². The highest BCUT2D eigenvalue weighted by atomic mass is 32.2. The van der Waals surface area contributed by atoms with Crippen LogP contribution < -0.4 is 0 Å². The summed E-state index contributed by atoms with van der Waals surface area (Å²) in [6.45, 7) is 0. The summed E-state index contributed by atoms with van der Waals surface area (Å²) in [4.78, 5) is 2.36. The van der Waals surface area contributed by atoms with Crippen molar-refractivity contribution < 1.29 is 5.11 Å². The van der Waals surface area contributed by atoms with Crippen LogP contribution in [0.2, 0.25) is 0 Å². The van der Waals surface area contributed by atoms with Crippen molar-refractivity contribution in [3.8, 4) is 5.75 Å². The molecule has 1 aromatic rings. The molecule has 0 saturated heterocycles. The first-order chi connectivity index (χ1) is 6.36. The number of hydrogen-bond donors (Lipinski definition) is 1. The Labute approximate surface area is 82.5 Å². The maximum atomic E-state index is 9.52. The second-order valence-electron chi connectivity index (χ2n) is 3.13. The molecule has 0 fully saturated rings. The van der Waals surface area contributed by atoms with Gasteiger partial charge in [-0.15, -0.1) is 0 Å². The molecule has 0 spiro atoms. The fraction of sp³-hybridized carbons (Fsp3) is 0.273. The van der Waals surface area contributed by atoms with E-state index in [2.05, 4.69) is 6.08 Å². The van der Waals surface area contributed by atoms with Crippen molar-refractivity contribution in [1.82, 2.24) is 0 Å².